The molecule has 1 amide bonds. The molecule has 0 heterocycles. The maximum atomic E-state index is 10.4. The molecule has 56 valence electrons. The predicted octanol–water partition coefficient (Wildman–Crippen LogP) is 0.774. The Morgan fingerprint density at radius 1 is 1.44 bits per heavy atom. The highest BCUT2D eigenvalue weighted by molar-refractivity contribution is 8.32. The summed E-state index contributed by atoms with van der Waals surface area (Å²) in [5, 5.41) is 2.78. The van der Waals surface area contributed by atoms with Gasteiger partial charge in [-0.05, 0) is 18.8 Å². The highest BCUT2D eigenvalue weighted by atomic mass is 32.3. The third-order valence-corrected chi connectivity index (χ3v) is 1.76. The van der Waals surface area contributed by atoms with Crippen LogP contribution in [-0.4, -0.2) is 30.6 Å². The molecule has 0 saturated heterocycles. The van der Waals surface area contributed by atoms with Gasteiger partial charge in [-0.3, -0.25) is 4.79 Å². The molecule has 9 heavy (non-hydrogen) atoms. The molecule has 0 rings (SSSR count). The molecular formula is C6H15NOS. The quantitative estimate of drug-likeness (QED) is 0.617. The minimum Gasteiger partial charge on any atom is -0.349 e. The lowest BCUT2D eigenvalue weighted by Gasteiger charge is -2.24. The maximum absolute atomic E-state index is 10.4. The van der Waals surface area contributed by atoms with E-state index in [9.17, 15) is 4.79 Å². The molecule has 0 atom stereocenters. The van der Waals surface area contributed by atoms with E-state index in [-0.39, 0.29) is 5.91 Å². The lowest BCUT2D eigenvalue weighted by atomic mass is 10.7. The SMILES string of the molecule is CC(=O)NCS(C)(C)C. The van der Waals surface area contributed by atoms with E-state index < -0.39 is 10.0 Å². The van der Waals surface area contributed by atoms with Crippen LogP contribution in [0.3, 0.4) is 0 Å². The molecule has 0 bridgehead atoms. The Morgan fingerprint density at radius 3 is 2.00 bits per heavy atom. The van der Waals surface area contributed by atoms with E-state index in [1.54, 1.807) is 6.92 Å². The van der Waals surface area contributed by atoms with E-state index in [1.165, 1.54) is 0 Å². The van der Waals surface area contributed by atoms with Gasteiger partial charge in [0.25, 0.3) is 0 Å². The van der Waals surface area contributed by atoms with Gasteiger partial charge < -0.3 is 5.32 Å². The smallest absolute Gasteiger partial charge is 0.217 e. The molecular weight excluding hydrogens is 134 g/mol. The summed E-state index contributed by atoms with van der Waals surface area (Å²) in [4.78, 5) is 10.4. The molecule has 0 radical (unpaired) electrons. The number of carbonyl (C=O) groups is 1. The summed E-state index contributed by atoms with van der Waals surface area (Å²) in [7, 11) is -0.551. The van der Waals surface area contributed by atoms with Gasteiger partial charge in [-0.2, -0.15) is 0 Å². The Balaban J connectivity index is 3.39. The van der Waals surface area contributed by atoms with Crippen LogP contribution in [0.15, 0.2) is 0 Å². The first kappa shape index (κ1) is 8.82. The normalized spacial score (nSPS) is 12.9. The van der Waals surface area contributed by atoms with Crippen LogP contribution in [0, 0.1) is 0 Å². The summed E-state index contributed by atoms with van der Waals surface area (Å²) >= 11 is 0. The molecule has 0 fully saturated rings. The van der Waals surface area contributed by atoms with Crippen LogP contribution in [0.25, 0.3) is 0 Å². The Kier molecular flexibility index (Phi) is 3.04. The van der Waals surface area contributed by atoms with Gasteiger partial charge in [0, 0.05) is 12.8 Å². The first-order chi connectivity index (χ1) is 3.92. The van der Waals surface area contributed by atoms with Crippen molar-refractivity contribution in [2.75, 3.05) is 24.6 Å². The van der Waals surface area contributed by atoms with Crippen molar-refractivity contribution in [1.82, 2.24) is 5.32 Å². The van der Waals surface area contributed by atoms with Gasteiger partial charge in [0.15, 0.2) is 0 Å². The molecule has 0 aromatic rings. The fourth-order valence-corrected chi connectivity index (χ4v) is 0.954. The topological polar surface area (TPSA) is 29.1 Å². The van der Waals surface area contributed by atoms with Crippen molar-refractivity contribution in [2.24, 2.45) is 0 Å². The van der Waals surface area contributed by atoms with Crippen molar-refractivity contribution in [3.63, 3.8) is 0 Å². The average molecular weight is 149 g/mol. The lowest BCUT2D eigenvalue weighted by Crippen LogP contribution is -2.24. The van der Waals surface area contributed by atoms with E-state index in [0.29, 0.717) is 0 Å². The van der Waals surface area contributed by atoms with E-state index >= 15 is 0 Å². The molecule has 0 aliphatic rings. The van der Waals surface area contributed by atoms with Crippen molar-refractivity contribution in [2.45, 2.75) is 6.92 Å². The number of amides is 1. The van der Waals surface area contributed by atoms with Crippen molar-refractivity contribution in [3.05, 3.63) is 0 Å². The third kappa shape index (κ3) is 7.82. The van der Waals surface area contributed by atoms with Crippen molar-refractivity contribution < 1.29 is 4.79 Å². The lowest BCUT2D eigenvalue weighted by molar-refractivity contribution is -0.118. The van der Waals surface area contributed by atoms with Crippen LogP contribution in [0.5, 0.6) is 0 Å². The Hall–Kier alpha value is -0.180. The summed E-state index contributed by atoms with van der Waals surface area (Å²) in [5.74, 6) is 0.903. The van der Waals surface area contributed by atoms with Crippen LogP contribution in [0.4, 0.5) is 0 Å². The van der Waals surface area contributed by atoms with Gasteiger partial charge in [-0.1, -0.05) is 0 Å². The average Bonchev–Trinajstić information content (AvgIpc) is 1.59. The summed E-state index contributed by atoms with van der Waals surface area (Å²) in [6.45, 7) is 1.55. The summed E-state index contributed by atoms with van der Waals surface area (Å²) in [5.41, 5.74) is 0. The minimum atomic E-state index is -0.551. The molecule has 0 unspecified atom stereocenters. The van der Waals surface area contributed by atoms with Crippen molar-refractivity contribution in [3.8, 4) is 0 Å². The number of hydrogen-bond acceptors (Lipinski definition) is 1. The molecule has 0 saturated carbocycles. The molecule has 3 heteroatoms. The van der Waals surface area contributed by atoms with Crippen molar-refractivity contribution in [1.29, 1.82) is 0 Å². The third-order valence-electron chi connectivity index (χ3n) is 0.754. The largest absolute Gasteiger partial charge is 0.349 e. The fraction of sp³-hybridized carbons (Fsp3) is 0.833. The number of hydrogen-bond donors (Lipinski definition) is 1. The predicted molar refractivity (Wildman–Crippen MR) is 44.0 cm³/mol. The standard InChI is InChI=1S/C6H15NOS/c1-6(8)7-5-9(2,3)4/h5H2,1-4H3,(H,7,8). The van der Waals surface area contributed by atoms with Crippen LogP contribution in [-0.2, 0) is 4.79 Å². The molecule has 1 N–H and O–H groups in total. The monoisotopic (exact) mass is 149 g/mol. The second-order valence-corrected chi connectivity index (χ2v) is 7.44. The summed E-state index contributed by atoms with van der Waals surface area (Å²) in [6.07, 6.45) is 6.51. The Labute approximate surface area is 58.3 Å². The Bertz CT molecular complexity index is 106. The van der Waals surface area contributed by atoms with Crippen LogP contribution in [0.2, 0.25) is 0 Å². The van der Waals surface area contributed by atoms with Gasteiger partial charge in [-0.25, -0.2) is 10.0 Å². The highest BCUT2D eigenvalue weighted by Crippen LogP contribution is 2.32. The van der Waals surface area contributed by atoms with E-state index in [4.69, 9.17) is 0 Å². The first-order valence-corrected chi connectivity index (χ1v) is 5.85. The zero-order valence-corrected chi connectivity index (χ0v) is 7.34. The van der Waals surface area contributed by atoms with Gasteiger partial charge in [0.1, 0.15) is 0 Å². The molecule has 0 aromatic carbocycles. The first-order valence-electron chi connectivity index (χ1n) is 2.82. The Morgan fingerprint density at radius 2 is 1.89 bits per heavy atom. The zero-order valence-electron chi connectivity index (χ0n) is 6.52. The number of nitrogens with one attached hydrogen (secondary N) is 1. The summed E-state index contributed by atoms with van der Waals surface area (Å²) in [6, 6.07) is 0. The van der Waals surface area contributed by atoms with Crippen LogP contribution in [0.1, 0.15) is 6.92 Å². The number of carbonyl (C=O) groups excluding carboxylic acids is 1. The fourth-order valence-electron chi connectivity index (χ4n) is 0.318. The molecule has 0 aliphatic heterocycles. The van der Waals surface area contributed by atoms with Gasteiger partial charge in [0.2, 0.25) is 5.91 Å². The van der Waals surface area contributed by atoms with Crippen LogP contribution >= 0.6 is 10.0 Å². The van der Waals surface area contributed by atoms with Gasteiger partial charge >= 0.3 is 0 Å². The summed E-state index contributed by atoms with van der Waals surface area (Å²) < 4.78 is 0. The molecule has 0 spiro atoms. The molecule has 2 nitrogen and oxygen atoms in total. The maximum Gasteiger partial charge on any atom is 0.217 e. The van der Waals surface area contributed by atoms with Crippen molar-refractivity contribution >= 4 is 15.9 Å². The van der Waals surface area contributed by atoms with Crippen LogP contribution < -0.4 is 5.32 Å². The number of rotatable bonds is 2. The molecule has 0 aliphatic carbocycles. The minimum absolute atomic E-state index is 0.0671. The van der Waals surface area contributed by atoms with Gasteiger partial charge in [-0.15, -0.1) is 0 Å². The van der Waals surface area contributed by atoms with E-state index in [1.807, 2.05) is 0 Å². The zero-order chi connectivity index (χ0) is 7.49. The van der Waals surface area contributed by atoms with Gasteiger partial charge in [0.05, 0.1) is 0 Å². The molecule has 0 aromatic heterocycles. The second-order valence-electron chi connectivity index (χ2n) is 2.97. The van der Waals surface area contributed by atoms with E-state index in [2.05, 4.69) is 24.1 Å². The second kappa shape index (κ2) is 3.11. The van der Waals surface area contributed by atoms with E-state index in [0.717, 1.165) is 5.88 Å². The highest BCUT2D eigenvalue weighted by Gasteiger charge is 2.02.